The third kappa shape index (κ3) is 3.25. The molecule has 2 heterocycles. The Morgan fingerprint density at radius 2 is 2.00 bits per heavy atom. The van der Waals surface area contributed by atoms with Crippen LogP contribution in [-0.4, -0.2) is 61.2 Å². The van der Waals surface area contributed by atoms with Crippen LogP contribution in [0.3, 0.4) is 0 Å². The van der Waals surface area contributed by atoms with Gasteiger partial charge in [-0.25, -0.2) is 4.79 Å². The molecule has 0 saturated carbocycles. The molecule has 1 N–H and O–H groups in total. The molecular weight excluding hydrogens is 278 g/mol. The normalized spacial score (nSPS) is 20.2. The molecule has 5 nitrogen and oxygen atoms in total. The summed E-state index contributed by atoms with van der Waals surface area (Å²) in [5.41, 5.74) is 1.29. The summed E-state index contributed by atoms with van der Waals surface area (Å²) < 4.78 is 5.70. The molecule has 1 aromatic carbocycles. The van der Waals surface area contributed by atoms with Gasteiger partial charge in [-0.1, -0.05) is 30.3 Å². The van der Waals surface area contributed by atoms with Gasteiger partial charge in [0.25, 0.3) is 0 Å². The van der Waals surface area contributed by atoms with Gasteiger partial charge in [-0.15, -0.1) is 0 Å². The molecule has 0 aliphatic carbocycles. The number of benzene rings is 1. The lowest BCUT2D eigenvalue weighted by Gasteiger charge is -2.50. The number of amides is 2. The Kier molecular flexibility index (Phi) is 4.64. The van der Waals surface area contributed by atoms with Crippen molar-refractivity contribution < 1.29 is 9.53 Å². The Morgan fingerprint density at radius 3 is 2.68 bits per heavy atom. The lowest BCUT2D eigenvalue weighted by atomic mass is 9.89. The zero-order chi connectivity index (χ0) is 15.4. The molecule has 2 aliphatic heterocycles. The number of carbonyl (C=O) groups excluding carboxylic acids is 1. The maximum Gasteiger partial charge on any atom is 0.317 e. The molecular formula is C17H25N3O2. The summed E-state index contributed by atoms with van der Waals surface area (Å²) in [7, 11) is 1.90. The van der Waals surface area contributed by atoms with Crippen LogP contribution >= 0.6 is 0 Å². The van der Waals surface area contributed by atoms with Crippen molar-refractivity contribution >= 4 is 6.03 Å². The smallest absolute Gasteiger partial charge is 0.317 e. The predicted molar refractivity (Wildman–Crippen MR) is 85.7 cm³/mol. The third-order valence-electron chi connectivity index (χ3n) is 4.75. The number of rotatable bonds is 7. The molecule has 0 atom stereocenters. The highest BCUT2D eigenvalue weighted by molar-refractivity contribution is 5.78. The number of hydrogen-bond donors (Lipinski definition) is 1. The van der Waals surface area contributed by atoms with Crippen LogP contribution in [0.25, 0.3) is 0 Å². The largest absolute Gasteiger partial charge is 0.377 e. The number of ether oxygens (including phenoxy) is 1. The van der Waals surface area contributed by atoms with E-state index < -0.39 is 0 Å². The Bertz CT molecular complexity index is 500. The molecule has 5 heteroatoms. The van der Waals surface area contributed by atoms with E-state index in [9.17, 15) is 4.79 Å². The van der Waals surface area contributed by atoms with E-state index in [2.05, 4.69) is 22.3 Å². The molecule has 22 heavy (non-hydrogen) atoms. The predicted octanol–water partition coefficient (Wildman–Crippen LogP) is 1.69. The topological polar surface area (TPSA) is 44.8 Å². The van der Waals surface area contributed by atoms with E-state index in [0.717, 1.165) is 45.6 Å². The van der Waals surface area contributed by atoms with Gasteiger partial charge in [0, 0.05) is 33.3 Å². The van der Waals surface area contributed by atoms with Crippen molar-refractivity contribution in [3.63, 3.8) is 0 Å². The first-order valence-corrected chi connectivity index (χ1v) is 8.05. The first-order valence-electron chi connectivity index (χ1n) is 8.05. The molecule has 0 radical (unpaired) electrons. The van der Waals surface area contributed by atoms with Crippen molar-refractivity contribution in [2.45, 2.75) is 25.0 Å². The van der Waals surface area contributed by atoms with Crippen LogP contribution in [0.1, 0.15) is 18.4 Å². The van der Waals surface area contributed by atoms with Crippen molar-refractivity contribution in [2.75, 3.05) is 39.8 Å². The minimum absolute atomic E-state index is 0.0564. The van der Waals surface area contributed by atoms with Crippen LogP contribution in [0.4, 0.5) is 4.79 Å². The van der Waals surface area contributed by atoms with Crippen LogP contribution in [0.5, 0.6) is 0 Å². The summed E-state index contributed by atoms with van der Waals surface area (Å²) in [5.74, 6) is 0. The van der Waals surface area contributed by atoms with Crippen LogP contribution in [0.15, 0.2) is 30.3 Å². The van der Waals surface area contributed by atoms with E-state index in [4.69, 9.17) is 4.74 Å². The quantitative estimate of drug-likeness (QED) is 0.780. The van der Waals surface area contributed by atoms with Gasteiger partial charge >= 0.3 is 6.03 Å². The summed E-state index contributed by atoms with van der Waals surface area (Å²) >= 11 is 0. The van der Waals surface area contributed by atoms with E-state index in [-0.39, 0.29) is 11.6 Å². The molecule has 2 amide bonds. The first-order chi connectivity index (χ1) is 10.7. The summed E-state index contributed by atoms with van der Waals surface area (Å²) in [5, 5.41) is 2.92. The second kappa shape index (κ2) is 6.67. The fraction of sp³-hybridized carbons (Fsp3) is 0.588. The monoisotopic (exact) mass is 303 g/mol. The number of hydrogen-bond acceptors (Lipinski definition) is 3. The summed E-state index contributed by atoms with van der Waals surface area (Å²) in [6, 6.07) is 10.3. The maximum atomic E-state index is 11.5. The molecule has 2 aliphatic rings. The molecule has 0 bridgehead atoms. The highest BCUT2D eigenvalue weighted by Gasteiger charge is 2.51. The Labute approximate surface area is 132 Å². The van der Waals surface area contributed by atoms with Crippen molar-refractivity contribution in [2.24, 2.45) is 0 Å². The summed E-state index contributed by atoms with van der Waals surface area (Å²) in [4.78, 5) is 15.8. The van der Waals surface area contributed by atoms with Crippen LogP contribution in [0, 0.1) is 0 Å². The van der Waals surface area contributed by atoms with Gasteiger partial charge in [-0.3, -0.25) is 4.90 Å². The number of nitrogens with one attached hydrogen (secondary N) is 1. The van der Waals surface area contributed by atoms with E-state index in [0.29, 0.717) is 6.61 Å². The van der Waals surface area contributed by atoms with Crippen LogP contribution in [0.2, 0.25) is 0 Å². The number of carbonyl (C=O) groups is 1. The Morgan fingerprint density at radius 1 is 1.23 bits per heavy atom. The van der Waals surface area contributed by atoms with Gasteiger partial charge in [-0.2, -0.15) is 0 Å². The molecule has 1 aromatic rings. The SMILES string of the molecule is CN1C(=O)NCC12CN(CCCCOCc1ccccc1)C2. The Hall–Kier alpha value is -1.59. The second-order valence-electron chi connectivity index (χ2n) is 6.40. The van der Waals surface area contributed by atoms with E-state index in [1.807, 2.05) is 30.1 Å². The molecule has 1 spiro atoms. The van der Waals surface area contributed by atoms with Crippen molar-refractivity contribution in [3.8, 4) is 0 Å². The number of likely N-dealkylation sites (N-methyl/N-ethyl adjacent to an activating group) is 1. The zero-order valence-electron chi connectivity index (χ0n) is 13.3. The highest BCUT2D eigenvalue weighted by atomic mass is 16.5. The van der Waals surface area contributed by atoms with Crippen molar-refractivity contribution in [3.05, 3.63) is 35.9 Å². The molecule has 3 rings (SSSR count). The van der Waals surface area contributed by atoms with E-state index in [1.165, 1.54) is 5.56 Å². The van der Waals surface area contributed by atoms with Crippen molar-refractivity contribution in [1.82, 2.24) is 15.1 Å². The maximum absolute atomic E-state index is 11.5. The molecule has 0 aromatic heterocycles. The number of urea groups is 1. The van der Waals surface area contributed by atoms with Gasteiger partial charge < -0.3 is 15.0 Å². The van der Waals surface area contributed by atoms with Crippen LogP contribution < -0.4 is 5.32 Å². The standard InChI is InChI=1S/C17H25N3O2/c1-19-16(21)18-12-17(19)13-20(14-17)9-5-6-10-22-11-15-7-3-2-4-8-15/h2-4,7-8H,5-6,9-14H2,1H3,(H,18,21). The number of likely N-dealkylation sites (tertiary alicyclic amines) is 1. The average molecular weight is 303 g/mol. The van der Waals surface area contributed by atoms with E-state index in [1.54, 1.807) is 0 Å². The molecule has 2 saturated heterocycles. The second-order valence-corrected chi connectivity index (χ2v) is 6.40. The van der Waals surface area contributed by atoms with Gasteiger partial charge in [0.1, 0.15) is 0 Å². The van der Waals surface area contributed by atoms with Gasteiger partial charge in [0.15, 0.2) is 0 Å². The fourth-order valence-electron chi connectivity index (χ4n) is 3.26. The van der Waals surface area contributed by atoms with Crippen molar-refractivity contribution in [1.29, 1.82) is 0 Å². The number of nitrogens with zero attached hydrogens (tertiary/aromatic N) is 2. The zero-order valence-corrected chi connectivity index (χ0v) is 13.3. The fourth-order valence-corrected chi connectivity index (χ4v) is 3.26. The highest BCUT2D eigenvalue weighted by Crippen LogP contribution is 2.29. The lowest BCUT2D eigenvalue weighted by molar-refractivity contribution is 0.00214. The summed E-state index contributed by atoms with van der Waals surface area (Å²) in [6.07, 6.45) is 2.24. The average Bonchev–Trinajstić information content (AvgIpc) is 2.80. The van der Waals surface area contributed by atoms with Gasteiger partial charge in [0.2, 0.25) is 0 Å². The minimum atomic E-state index is 0.0564. The molecule has 120 valence electrons. The van der Waals surface area contributed by atoms with E-state index >= 15 is 0 Å². The van der Waals surface area contributed by atoms with Crippen LogP contribution in [-0.2, 0) is 11.3 Å². The lowest BCUT2D eigenvalue weighted by Crippen LogP contribution is -2.68. The molecule has 2 fully saturated rings. The van der Waals surface area contributed by atoms with Gasteiger partial charge in [-0.05, 0) is 24.9 Å². The minimum Gasteiger partial charge on any atom is -0.377 e. The summed E-state index contributed by atoms with van der Waals surface area (Å²) in [6.45, 7) is 5.39. The van der Waals surface area contributed by atoms with Gasteiger partial charge in [0.05, 0.1) is 12.1 Å². The number of unbranched alkanes of at least 4 members (excludes halogenated alkanes) is 1. The Balaban J connectivity index is 1.24. The molecule has 0 unspecified atom stereocenters. The third-order valence-corrected chi connectivity index (χ3v) is 4.75. The first kappa shape index (κ1) is 15.3.